The van der Waals surface area contributed by atoms with Gasteiger partial charge in [0.15, 0.2) is 10.8 Å². The lowest BCUT2D eigenvalue weighted by Crippen LogP contribution is -2.39. The molecule has 1 aromatic rings. The first-order chi connectivity index (χ1) is 7.30. The third-order valence-electron chi connectivity index (χ3n) is 2.02. The van der Waals surface area contributed by atoms with Crippen LogP contribution in [0.25, 0.3) is 0 Å². The lowest BCUT2D eigenvalue weighted by molar-refractivity contribution is -0.202. The summed E-state index contributed by atoms with van der Waals surface area (Å²) in [6.45, 7) is 1.08. The van der Waals surface area contributed by atoms with Crippen LogP contribution in [0, 0.1) is 0 Å². The molecule has 2 atom stereocenters. The van der Waals surface area contributed by atoms with Crippen LogP contribution < -0.4 is 5.32 Å². The van der Waals surface area contributed by atoms with Crippen molar-refractivity contribution in [2.24, 2.45) is 0 Å². The van der Waals surface area contributed by atoms with E-state index in [0.29, 0.717) is 10.4 Å². The summed E-state index contributed by atoms with van der Waals surface area (Å²) in [6.07, 6.45) is -6.97. The Morgan fingerprint density at radius 3 is 2.56 bits per heavy atom. The minimum absolute atomic E-state index is 0.400. The van der Waals surface area contributed by atoms with Gasteiger partial charge < -0.3 is 14.8 Å². The molecule has 0 aliphatic heterocycles. The van der Waals surface area contributed by atoms with Gasteiger partial charge in [0, 0.05) is 6.54 Å². The third kappa shape index (κ3) is 3.80. The lowest BCUT2D eigenvalue weighted by Gasteiger charge is -2.17. The van der Waals surface area contributed by atoms with E-state index in [1.807, 2.05) is 0 Å². The first-order valence-corrected chi connectivity index (χ1v) is 5.33. The summed E-state index contributed by atoms with van der Waals surface area (Å²) in [4.78, 5) is 0. The summed E-state index contributed by atoms with van der Waals surface area (Å²) in [7, 11) is 0. The van der Waals surface area contributed by atoms with Gasteiger partial charge in [0.05, 0.1) is 6.04 Å². The van der Waals surface area contributed by atoms with E-state index in [1.54, 1.807) is 19.1 Å². The number of alkyl halides is 3. The quantitative estimate of drug-likeness (QED) is 0.898. The van der Waals surface area contributed by atoms with Gasteiger partial charge >= 0.3 is 6.18 Å². The van der Waals surface area contributed by atoms with Gasteiger partial charge in [-0.25, -0.2) is 0 Å². The first-order valence-electron chi connectivity index (χ1n) is 4.54. The van der Waals surface area contributed by atoms with Crippen LogP contribution in [-0.4, -0.2) is 23.9 Å². The Bertz CT molecular complexity index is 340. The van der Waals surface area contributed by atoms with E-state index < -0.39 is 24.9 Å². The van der Waals surface area contributed by atoms with E-state index in [0.717, 1.165) is 0 Å². The molecule has 0 radical (unpaired) electrons. The van der Waals surface area contributed by atoms with E-state index in [9.17, 15) is 13.2 Å². The Morgan fingerprint density at radius 1 is 1.50 bits per heavy atom. The molecule has 16 heavy (non-hydrogen) atoms. The molecule has 3 nitrogen and oxygen atoms in total. The van der Waals surface area contributed by atoms with Gasteiger partial charge in [-0.3, -0.25) is 0 Å². The number of hydrogen-bond donors (Lipinski definition) is 2. The van der Waals surface area contributed by atoms with Crippen molar-refractivity contribution in [2.45, 2.75) is 25.2 Å². The van der Waals surface area contributed by atoms with Crippen molar-refractivity contribution in [3.05, 3.63) is 22.6 Å². The normalized spacial score (nSPS) is 16.1. The summed E-state index contributed by atoms with van der Waals surface area (Å²) in [5.74, 6) is 0.501. The largest absolute Gasteiger partial charge is 0.453 e. The molecule has 0 fully saturated rings. The standard InChI is InChI=1S/C9H11BrF3NO2/c1-5(6-2-3-8(10)16-6)14-4-7(15)9(11,12)13/h2-3,5,7,14-15H,4H2,1H3. The fourth-order valence-corrected chi connectivity index (χ4v) is 1.38. The monoisotopic (exact) mass is 301 g/mol. The summed E-state index contributed by atoms with van der Waals surface area (Å²) >= 11 is 3.09. The molecule has 2 N–H and O–H groups in total. The number of aliphatic hydroxyl groups is 1. The molecule has 92 valence electrons. The van der Waals surface area contributed by atoms with Gasteiger partial charge in [-0.1, -0.05) is 0 Å². The van der Waals surface area contributed by atoms with Crippen molar-refractivity contribution in [1.82, 2.24) is 5.32 Å². The van der Waals surface area contributed by atoms with Crippen LogP contribution in [0.3, 0.4) is 0 Å². The number of furan rings is 1. The molecule has 0 saturated carbocycles. The number of nitrogens with one attached hydrogen (secondary N) is 1. The predicted octanol–water partition coefficient (Wildman–Crippen LogP) is 2.62. The highest BCUT2D eigenvalue weighted by molar-refractivity contribution is 9.10. The van der Waals surface area contributed by atoms with Crippen LogP contribution in [0.4, 0.5) is 13.2 Å². The molecule has 1 aromatic heterocycles. The zero-order chi connectivity index (χ0) is 12.3. The maximum Gasteiger partial charge on any atom is 0.415 e. The molecule has 1 rings (SSSR count). The van der Waals surface area contributed by atoms with Gasteiger partial charge in [-0.05, 0) is 35.0 Å². The Morgan fingerprint density at radius 2 is 2.12 bits per heavy atom. The highest BCUT2D eigenvalue weighted by atomic mass is 79.9. The highest BCUT2D eigenvalue weighted by Crippen LogP contribution is 2.22. The summed E-state index contributed by atoms with van der Waals surface area (Å²) < 4.78 is 41.6. The van der Waals surface area contributed by atoms with E-state index in [1.165, 1.54) is 0 Å². The van der Waals surface area contributed by atoms with Crippen molar-refractivity contribution < 1.29 is 22.7 Å². The summed E-state index contributed by atoms with van der Waals surface area (Å²) in [5, 5.41) is 11.3. The fourth-order valence-electron chi connectivity index (χ4n) is 1.07. The van der Waals surface area contributed by atoms with Crippen LogP contribution in [0.1, 0.15) is 18.7 Å². The van der Waals surface area contributed by atoms with Crippen LogP contribution in [0.2, 0.25) is 0 Å². The predicted molar refractivity (Wildman–Crippen MR) is 54.9 cm³/mol. The number of hydrogen-bond acceptors (Lipinski definition) is 3. The SMILES string of the molecule is CC(NCC(O)C(F)(F)F)c1ccc(Br)o1. The van der Waals surface area contributed by atoms with Crippen LogP contribution >= 0.6 is 15.9 Å². The topological polar surface area (TPSA) is 45.4 Å². The maximum atomic E-state index is 12.0. The van der Waals surface area contributed by atoms with Gasteiger partial charge in [-0.15, -0.1) is 0 Å². The molecule has 1 heterocycles. The third-order valence-corrected chi connectivity index (χ3v) is 2.44. The minimum Gasteiger partial charge on any atom is -0.453 e. The van der Waals surface area contributed by atoms with Crippen LogP contribution in [-0.2, 0) is 0 Å². The van der Waals surface area contributed by atoms with Crippen LogP contribution in [0.5, 0.6) is 0 Å². The second kappa shape index (κ2) is 5.20. The second-order valence-corrected chi connectivity index (χ2v) is 4.11. The second-order valence-electron chi connectivity index (χ2n) is 3.33. The fraction of sp³-hybridized carbons (Fsp3) is 0.556. The summed E-state index contributed by atoms with van der Waals surface area (Å²) in [5.41, 5.74) is 0. The van der Waals surface area contributed by atoms with Gasteiger partial charge in [0.25, 0.3) is 0 Å². The van der Waals surface area contributed by atoms with Crippen molar-refractivity contribution in [3.8, 4) is 0 Å². The van der Waals surface area contributed by atoms with E-state index >= 15 is 0 Å². The first kappa shape index (κ1) is 13.5. The zero-order valence-corrected chi connectivity index (χ0v) is 9.97. The zero-order valence-electron chi connectivity index (χ0n) is 8.38. The molecular weight excluding hydrogens is 291 g/mol. The molecular formula is C9H11BrF3NO2. The Kier molecular flexibility index (Phi) is 4.40. The highest BCUT2D eigenvalue weighted by Gasteiger charge is 2.38. The Labute approximate surface area is 98.8 Å². The Hall–Kier alpha value is -0.530. The average molecular weight is 302 g/mol. The van der Waals surface area contributed by atoms with Crippen molar-refractivity contribution >= 4 is 15.9 Å². The molecule has 0 amide bonds. The van der Waals surface area contributed by atoms with Gasteiger partial charge in [0.2, 0.25) is 0 Å². The Balaban J connectivity index is 2.44. The molecule has 0 saturated heterocycles. The average Bonchev–Trinajstić information content (AvgIpc) is 2.59. The number of rotatable bonds is 4. The minimum atomic E-state index is -4.60. The van der Waals surface area contributed by atoms with E-state index in [2.05, 4.69) is 21.2 Å². The smallest absolute Gasteiger partial charge is 0.415 e. The van der Waals surface area contributed by atoms with Crippen molar-refractivity contribution in [1.29, 1.82) is 0 Å². The summed E-state index contributed by atoms with van der Waals surface area (Å²) in [6, 6.07) is 2.89. The molecule has 0 aliphatic carbocycles. The van der Waals surface area contributed by atoms with Gasteiger partial charge in [0.1, 0.15) is 5.76 Å². The molecule has 0 bridgehead atoms. The molecule has 7 heteroatoms. The van der Waals surface area contributed by atoms with Crippen molar-refractivity contribution in [2.75, 3.05) is 6.54 Å². The van der Waals surface area contributed by atoms with E-state index in [-0.39, 0.29) is 0 Å². The maximum absolute atomic E-state index is 12.0. The number of aliphatic hydroxyl groups excluding tert-OH is 1. The molecule has 0 aliphatic rings. The molecule has 2 unspecified atom stereocenters. The van der Waals surface area contributed by atoms with Crippen molar-refractivity contribution in [3.63, 3.8) is 0 Å². The van der Waals surface area contributed by atoms with E-state index in [4.69, 9.17) is 9.52 Å². The van der Waals surface area contributed by atoms with Gasteiger partial charge in [-0.2, -0.15) is 13.2 Å². The van der Waals surface area contributed by atoms with Crippen LogP contribution in [0.15, 0.2) is 21.2 Å². The molecule has 0 spiro atoms. The lowest BCUT2D eigenvalue weighted by atomic mass is 10.2. The number of halogens is 4. The molecule has 0 aromatic carbocycles.